The average Bonchev–Trinajstić information content (AvgIpc) is 2.10. The van der Waals surface area contributed by atoms with Crippen LogP contribution in [0.15, 0.2) is 16.8 Å². The molecule has 0 rings (SSSR count). The number of allylic oxidation sites excluding steroid dienone is 1. The molecule has 0 aliphatic rings. The summed E-state index contributed by atoms with van der Waals surface area (Å²) in [6.07, 6.45) is 9.21. The Bertz CT molecular complexity index is 143. The molecule has 70 valence electrons. The molecule has 0 atom stereocenters. The van der Waals surface area contributed by atoms with E-state index >= 15 is 0 Å². The molecule has 0 unspecified atom stereocenters. The zero-order valence-corrected chi connectivity index (χ0v) is 9.62. The zero-order chi connectivity index (χ0) is 9.23. The van der Waals surface area contributed by atoms with Gasteiger partial charge in [0.2, 0.25) is 0 Å². The molecule has 0 bridgehead atoms. The van der Waals surface area contributed by atoms with Crippen molar-refractivity contribution in [3.05, 3.63) is 16.8 Å². The van der Waals surface area contributed by atoms with Crippen LogP contribution in [0.5, 0.6) is 0 Å². The highest BCUT2D eigenvalue weighted by atomic mass is 79.9. The summed E-state index contributed by atoms with van der Waals surface area (Å²) in [5.41, 5.74) is 2.85. The van der Waals surface area contributed by atoms with Crippen molar-refractivity contribution in [3.8, 4) is 0 Å². The number of hydrogen-bond donors (Lipinski definition) is 0. The van der Waals surface area contributed by atoms with Gasteiger partial charge in [-0.1, -0.05) is 45.6 Å². The second kappa shape index (κ2) is 9.09. The van der Waals surface area contributed by atoms with E-state index in [9.17, 15) is 0 Å². The SMILES string of the molecule is C=C=C(Br)CCCCCCCC. The molecule has 0 amide bonds. The van der Waals surface area contributed by atoms with Gasteiger partial charge in [0.15, 0.2) is 0 Å². The Kier molecular flexibility index (Phi) is 9.09. The molecule has 0 aromatic carbocycles. The summed E-state index contributed by atoms with van der Waals surface area (Å²) in [6.45, 7) is 5.83. The van der Waals surface area contributed by atoms with E-state index in [1.807, 2.05) is 0 Å². The first-order chi connectivity index (χ1) is 5.81. The van der Waals surface area contributed by atoms with Crippen molar-refractivity contribution in [1.29, 1.82) is 0 Å². The Morgan fingerprint density at radius 2 is 1.75 bits per heavy atom. The summed E-state index contributed by atoms with van der Waals surface area (Å²) in [7, 11) is 0. The van der Waals surface area contributed by atoms with Crippen molar-refractivity contribution in [3.63, 3.8) is 0 Å². The summed E-state index contributed by atoms with van der Waals surface area (Å²) >= 11 is 3.40. The lowest BCUT2D eigenvalue weighted by Gasteiger charge is -1.98. The second-order valence-electron chi connectivity index (χ2n) is 3.10. The van der Waals surface area contributed by atoms with Gasteiger partial charge in [-0.15, -0.1) is 5.73 Å². The fourth-order valence-electron chi connectivity index (χ4n) is 1.15. The minimum absolute atomic E-state index is 1.11. The van der Waals surface area contributed by atoms with Gasteiger partial charge in [0.1, 0.15) is 0 Å². The van der Waals surface area contributed by atoms with Gasteiger partial charge in [-0.3, -0.25) is 0 Å². The number of unbranched alkanes of at least 4 members (excludes halogenated alkanes) is 5. The van der Waals surface area contributed by atoms with Gasteiger partial charge in [0.25, 0.3) is 0 Å². The maximum absolute atomic E-state index is 3.58. The third kappa shape index (κ3) is 8.10. The van der Waals surface area contributed by atoms with Crippen molar-refractivity contribution in [1.82, 2.24) is 0 Å². The van der Waals surface area contributed by atoms with Crippen LogP contribution in [-0.4, -0.2) is 0 Å². The molecular weight excluding hydrogens is 212 g/mol. The van der Waals surface area contributed by atoms with Crippen LogP contribution in [0.25, 0.3) is 0 Å². The molecule has 0 radical (unpaired) electrons. The van der Waals surface area contributed by atoms with Crippen LogP contribution < -0.4 is 0 Å². The van der Waals surface area contributed by atoms with Crippen molar-refractivity contribution >= 4 is 15.9 Å². The Morgan fingerprint density at radius 1 is 1.17 bits per heavy atom. The minimum atomic E-state index is 1.11. The predicted octanol–water partition coefficient (Wildman–Crippen LogP) is 4.80. The van der Waals surface area contributed by atoms with E-state index in [0.717, 1.165) is 10.9 Å². The van der Waals surface area contributed by atoms with E-state index in [4.69, 9.17) is 0 Å². The molecule has 0 aromatic rings. The van der Waals surface area contributed by atoms with Crippen LogP contribution in [0, 0.1) is 0 Å². The maximum Gasteiger partial charge on any atom is 0.0362 e. The molecular formula is C11H19Br. The van der Waals surface area contributed by atoms with Gasteiger partial charge < -0.3 is 0 Å². The fraction of sp³-hybridized carbons (Fsp3) is 0.727. The molecule has 0 saturated carbocycles. The number of halogens is 1. The molecule has 0 aromatic heterocycles. The zero-order valence-electron chi connectivity index (χ0n) is 8.03. The molecule has 0 saturated heterocycles. The first kappa shape index (κ1) is 12.0. The van der Waals surface area contributed by atoms with Gasteiger partial charge >= 0.3 is 0 Å². The van der Waals surface area contributed by atoms with Crippen LogP contribution in [0.4, 0.5) is 0 Å². The van der Waals surface area contributed by atoms with Crippen LogP contribution in [-0.2, 0) is 0 Å². The highest BCUT2D eigenvalue weighted by Crippen LogP contribution is 2.14. The van der Waals surface area contributed by atoms with E-state index < -0.39 is 0 Å². The van der Waals surface area contributed by atoms with Gasteiger partial charge in [-0.05, 0) is 28.8 Å². The molecule has 0 heterocycles. The predicted molar refractivity (Wildman–Crippen MR) is 59.6 cm³/mol. The van der Waals surface area contributed by atoms with Crippen molar-refractivity contribution in [2.24, 2.45) is 0 Å². The summed E-state index contributed by atoms with van der Waals surface area (Å²) in [4.78, 5) is 0. The molecule has 0 nitrogen and oxygen atoms in total. The minimum Gasteiger partial charge on any atom is -0.118 e. The highest BCUT2D eigenvalue weighted by molar-refractivity contribution is 9.11. The fourth-order valence-corrected chi connectivity index (χ4v) is 1.43. The topological polar surface area (TPSA) is 0 Å². The summed E-state index contributed by atoms with van der Waals surface area (Å²) in [6, 6.07) is 0. The number of rotatable bonds is 7. The van der Waals surface area contributed by atoms with E-state index in [1.165, 1.54) is 38.5 Å². The largest absolute Gasteiger partial charge is 0.118 e. The molecule has 1 heteroatoms. The monoisotopic (exact) mass is 230 g/mol. The van der Waals surface area contributed by atoms with Crippen LogP contribution in [0.1, 0.15) is 51.9 Å². The average molecular weight is 231 g/mol. The Balaban J connectivity index is 3.06. The van der Waals surface area contributed by atoms with E-state index in [0.29, 0.717) is 0 Å². The summed E-state index contributed by atoms with van der Waals surface area (Å²) in [5, 5.41) is 0. The normalized spacial score (nSPS) is 9.50. The Morgan fingerprint density at radius 3 is 2.33 bits per heavy atom. The smallest absolute Gasteiger partial charge is 0.0362 e. The quantitative estimate of drug-likeness (QED) is 0.436. The van der Waals surface area contributed by atoms with E-state index in [-0.39, 0.29) is 0 Å². The van der Waals surface area contributed by atoms with Gasteiger partial charge in [0.05, 0.1) is 0 Å². The molecule has 12 heavy (non-hydrogen) atoms. The second-order valence-corrected chi connectivity index (χ2v) is 4.06. The van der Waals surface area contributed by atoms with Gasteiger partial charge in [-0.25, -0.2) is 0 Å². The van der Waals surface area contributed by atoms with Gasteiger partial charge in [-0.2, -0.15) is 0 Å². The summed E-state index contributed by atoms with van der Waals surface area (Å²) in [5.74, 6) is 0. The van der Waals surface area contributed by atoms with Crippen LogP contribution >= 0.6 is 15.9 Å². The number of hydrogen-bond acceptors (Lipinski definition) is 0. The molecule has 0 aliphatic heterocycles. The lowest BCUT2D eigenvalue weighted by atomic mass is 10.1. The third-order valence-corrected chi connectivity index (χ3v) is 2.62. The lowest BCUT2D eigenvalue weighted by Crippen LogP contribution is -1.78. The standard InChI is InChI=1S/C11H19Br/c1-3-5-6-7-8-9-10-11(12)4-2/h2-3,5-10H2,1H3. The van der Waals surface area contributed by atoms with E-state index in [2.05, 4.69) is 35.2 Å². The maximum atomic E-state index is 3.58. The van der Waals surface area contributed by atoms with Crippen molar-refractivity contribution < 1.29 is 0 Å². The molecule has 0 spiro atoms. The van der Waals surface area contributed by atoms with Crippen molar-refractivity contribution in [2.45, 2.75) is 51.9 Å². The first-order valence-electron chi connectivity index (χ1n) is 4.85. The molecule has 0 aliphatic carbocycles. The third-order valence-electron chi connectivity index (χ3n) is 1.94. The van der Waals surface area contributed by atoms with E-state index in [1.54, 1.807) is 0 Å². The lowest BCUT2D eigenvalue weighted by molar-refractivity contribution is 0.610. The van der Waals surface area contributed by atoms with Crippen LogP contribution in [0.3, 0.4) is 0 Å². The van der Waals surface area contributed by atoms with Crippen LogP contribution in [0.2, 0.25) is 0 Å². The Hall–Kier alpha value is 0. The van der Waals surface area contributed by atoms with Gasteiger partial charge in [0, 0.05) is 4.48 Å². The van der Waals surface area contributed by atoms with Crippen molar-refractivity contribution in [2.75, 3.05) is 0 Å². The molecule has 0 fully saturated rings. The highest BCUT2D eigenvalue weighted by Gasteiger charge is 1.91. The molecule has 0 N–H and O–H groups in total. The first-order valence-corrected chi connectivity index (χ1v) is 5.65. The Labute approximate surface area is 84.9 Å². The summed E-state index contributed by atoms with van der Waals surface area (Å²) < 4.78 is 1.12.